The van der Waals surface area contributed by atoms with E-state index in [1.807, 2.05) is 6.07 Å². The van der Waals surface area contributed by atoms with Crippen LogP contribution in [0, 0.1) is 0 Å². The zero-order valence-electron chi connectivity index (χ0n) is 9.52. The van der Waals surface area contributed by atoms with Gasteiger partial charge in [0.1, 0.15) is 0 Å². The number of halogens is 1. The molecule has 0 amide bonds. The lowest BCUT2D eigenvalue weighted by molar-refractivity contribution is 0.631. The third-order valence-corrected chi connectivity index (χ3v) is 2.99. The fraction of sp³-hybridized carbons (Fsp3) is 0.214. The molecule has 1 aromatic heterocycles. The number of hydrogen-bond acceptors (Lipinski definition) is 2. The van der Waals surface area contributed by atoms with E-state index in [0.717, 1.165) is 25.2 Å². The Morgan fingerprint density at radius 1 is 1.00 bits per heavy atom. The molecule has 3 rings (SSSR count). The molecule has 0 bridgehead atoms. The molecule has 2 aromatic rings. The number of benzene rings is 1. The molecular weight excluding hydrogens is 232 g/mol. The van der Waals surface area contributed by atoms with Crippen LogP contribution in [-0.2, 0) is 13.0 Å². The van der Waals surface area contributed by atoms with Crippen molar-refractivity contribution in [2.75, 3.05) is 6.54 Å². The lowest BCUT2D eigenvalue weighted by Gasteiger charge is -2.16. The molecule has 1 aliphatic heterocycles. The average molecular weight is 247 g/mol. The van der Waals surface area contributed by atoms with Crippen molar-refractivity contribution < 1.29 is 0 Å². The van der Waals surface area contributed by atoms with Crippen LogP contribution in [0.3, 0.4) is 0 Å². The first-order valence-electron chi connectivity index (χ1n) is 5.68. The Bertz CT molecular complexity index is 497. The SMILES string of the molecule is Cl.c1ccc(-c2ccc3c(n2)CCNC3)cc1. The van der Waals surface area contributed by atoms with Crippen LogP contribution >= 0.6 is 12.4 Å². The molecule has 0 saturated heterocycles. The summed E-state index contributed by atoms with van der Waals surface area (Å²) in [4.78, 5) is 4.74. The van der Waals surface area contributed by atoms with Crippen LogP contribution in [0.1, 0.15) is 11.3 Å². The van der Waals surface area contributed by atoms with Gasteiger partial charge in [-0.05, 0) is 11.6 Å². The molecule has 88 valence electrons. The molecule has 1 N–H and O–H groups in total. The first-order chi connectivity index (χ1) is 7.93. The van der Waals surface area contributed by atoms with Crippen LogP contribution in [0.5, 0.6) is 0 Å². The summed E-state index contributed by atoms with van der Waals surface area (Å²) in [6.45, 7) is 2.00. The highest BCUT2D eigenvalue weighted by molar-refractivity contribution is 5.85. The van der Waals surface area contributed by atoms with Gasteiger partial charge in [0.15, 0.2) is 0 Å². The van der Waals surface area contributed by atoms with Crippen LogP contribution in [0.2, 0.25) is 0 Å². The second-order valence-electron chi connectivity index (χ2n) is 4.10. The van der Waals surface area contributed by atoms with Crippen molar-refractivity contribution in [1.82, 2.24) is 10.3 Å². The van der Waals surface area contributed by atoms with Gasteiger partial charge in [-0.25, -0.2) is 0 Å². The van der Waals surface area contributed by atoms with E-state index in [0.29, 0.717) is 0 Å². The van der Waals surface area contributed by atoms with E-state index in [1.165, 1.54) is 16.8 Å². The van der Waals surface area contributed by atoms with Gasteiger partial charge in [0.2, 0.25) is 0 Å². The molecule has 0 radical (unpaired) electrons. The molecule has 1 aliphatic rings. The Morgan fingerprint density at radius 2 is 1.82 bits per heavy atom. The maximum atomic E-state index is 4.74. The summed E-state index contributed by atoms with van der Waals surface area (Å²) in [6, 6.07) is 14.7. The minimum atomic E-state index is 0. The van der Waals surface area contributed by atoms with E-state index in [2.05, 4.69) is 41.7 Å². The molecule has 0 atom stereocenters. The van der Waals surface area contributed by atoms with Crippen LogP contribution in [0.25, 0.3) is 11.3 Å². The van der Waals surface area contributed by atoms with Gasteiger partial charge in [-0.1, -0.05) is 36.4 Å². The van der Waals surface area contributed by atoms with Crippen molar-refractivity contribution >= 4 is 12.4 Å². The summed E-state index contributed by atoms with van der Waals surface area (Å²) >= 11 is 0. The third kappa shape index (κ3) is 2.48. The Hall–Kier alpha value is -1.38. The predicted octanol–water partition coefficient (Wildman–Crippen LogP) is 2.82. The normalized spacial score (nSPS) is 13.6. The molecule has 0 aliphatic carbocycles. The van der Waals surface area contributed by atoms with Crippen molar-refractivity contribution in [3.05, 3.63) is 53.7 Å². The Balaban J connectivity index is 0.00000108. The lowest BCUT2D eigenvalue weighted by Crippen LogP contribution is -2.24. The smallest absolute Gasteiger partial charge is 0.0705 e. The zero-order chi connectivity index (χ0) is 10.8. The minimum absolute atomic E-state index is 0. The molecule has 2 nitrogen and oxygen atoms in total. The fourth-order valence-electron chi connectivity index (χ4n) is 2.11. The number of aromatic nitrogens is 1. The number of rotatable bonds is 1. The Labute approximate surface area is 108 Å². The van der Waals surface area contributed by atoms with E-state index < -0.39 is 0 Å². The van der Waals surface area contributed by atoms with Gasteiger partial charge in [-0.3, -0.25) is 4.98 Å². The van der Waals surface area contributed by atoms with Crippen LogP contribution in [0.15, 0.2) is 42.5 Å². The number of fused-ring (bicyclic) bond motifs is 1. The number of pyridine rings is 1. The summed E-state index contributed by atoms with van der Waals surface area (Å²) in [5.74, 6) is 0. The third-order valence-electron chi connectivity index (χ3n) is 2.99. The van der Waals surface area contributed by atoms with E-state index in [9.17, 15) is 0 Å². The molecular formula is C14H15ClN2. The molecule has 0 unspecified atom stereocenters. The highest BCUT2D eigenvalue weighted by Crippen LogP contribution is 2.20. The van der Waals surface area contributed by atoms with Gasteiger partial charge < -0.3 is 5.32 Å². The summed E-state index contributed by atoms with van der Waals surface area (Å²) in [7, 11) is 0. The van der Waals surface area contributed by atoms with Gasteiger partial charge in [0.25, 0.3) is 0 Å². The van der Waals surface area contributed by atoms with Gasteiger partial charge >= 0.3 is 0 Å². The van der Waals surface area contributed by atoms with E-state index in [1.54, 1.807) is 0 Å². The van der Waals surface area contributed by atoms with Gasteiger partial charge in [-0.15, -0.1) is 12.4 Å². The predicted molar refractivity (Wildman–Crippen MR) is 72.3 cm³/mol. The molecule has 0 spiro atoms. The average Bonchev–Trinajstić information content (AvgIpc) is 2.39. The van der Waals surface area contributed by atoms with Crippen molar-refractivity contribution in [1.29, 1.82) is 0 Å². The highest BCUT2D eigenvalue weighted by atomic mass is 35.5. The number of hydrogen-bond donors (Lipinski definition) is 1. The largest absolute Gasteiger partial charge is 0.312 e. The number of nitrogens with one attached hydrogen (secondary N) is 1. The van der Waals surface area contributed by atoms with Crippen molar-refractivity contribution in [3.8, 4) is 11.3 Å². The molecule has 17 heavy (non-hydrogen) atoms. The van der Waals surface area contributed by atoms with E-state index in [4.69, 9.17) is 4.98 Å². The standard InChI is InChI=1S/C14H14N2.ClH/c1-2-4-11(5-3-1)13-7-6-12-10-15-9-8-14(12)16-13;/h1-7,15H,8-10H2;1H. The Kier molecular flexibility index (Phi) is 3.77. The molecule has 2 heterocycles. The fourth-order valence-corrected chi connectivity index (χ4v) is 2.11. The van der Waals surface area contributed by atoms with Crippen molar-refractivity contribution in [3.63, 3.8) is 0 Å². The Morgan fingerprint density at radius 3 is 2.65 bits per heavy atom. The first kappa shape index (κ1) is 12.1. The second kappa shape index (κ2) is 5.30. The molecule has 0 saturated carbocycles. The molecule has 1 aromatic carbocycles. The first-order valence-corrected chi connectivity index (χ1v) is 5.68. The summed E-state index contributed by atoms with van der Waals surface area (Å²) in [5, 5.41) is 3.36. The summed E-state index contributed by atoms with van der Waals surface area (Å²) in [6.07, 6.45) is 1.04. The van der Waals surface area contributed by atoms with E-state index in [-0.39, 0.29) is 12.4 Å². The van der Waals surface area contributed by atoms with E-state index >= 15 is 0 Å². The minimum Gasteiger partial charge on any atom is -0.312 e. The number of nitrogens with zero attached hydrogens (tertiary/aromatic N) is 1. The molecule has 3 heteroatoms. The van der Waals surface area contributed by atoms with Gasteiger partial charge in [0, 0.05) is 30.8 Å². The topological polar surface area (TPSA) is 24.9 Å². The van der Waals surface area contributed by atoms with Crippen LogP contribution in [-0.4, -0.2) is 11.5 Å². The monoisotopic (exact) mass is 246 g/mol. The van der Waals surface area contributed by atoms with Crippen molar-refractivity contribution in [2.24, 2.45) is 0 Å². The van der Waals surface area contributed by atoms with Crippen LogP contribution < -0.4 is 5.32 Å². The van der Waals surface area contributed by atoms with Crippen LogP contribution in [0.4, 0.5) is 0 Å². The highest BCUT2D eigenvalue weighted by Gasteiger charge is 2.10. The maximum Gasteiger partial charge on any atom is 0.0705 e. The van der Waals surface area contributed by atoms with Crippen molar-refractivity contribution in [2.45, 2.75) is 13.0 Å². The summed E-state index contributed by atoms with van der Waals surface area (Å²) < 4.78 is 0. The molecule has 0 fully saturated rings. The van der Waals surface area contributed by atoms with Gasteiger partial charge in [-0.2, -0.15) is 0 Å². The quantitative estimate of drug-likeness (QED) is 0.837. The second-order valence-corrected chi connectivity index (χ2v) is 4.10. The maximum absolute atomic E-state index is 4.74. The lowest BCUT2D eigenvalue weighted by atomic mass is 10.0. The summed E-state index contributed by atoms with van der Waals surface area (Å²) in [5.41, 5.74) is 4.87. The van der Waals surface area contributed by atoms with Gasteiger partial charge in [0.05, 0.1) is 5.69 Å². The zero-order valence-corrected chi connectivity index (χ0v) is 10.3.